The average molecular weight is 677 g/mol. The predicted molar refractivity (Wildman–Crippen MR) is 187 cm³/mol. The van der Waals surface area contributed by atoms with Crippen LogP contribution in [0.2, 0.25) is 0 Å². The van der Waals surface area contributed by atoms with E-state index in [2.05, 4.69) is 10.6 Å². The number of fused-ring (bicyclic) bond motifs is 1. The van der Waals surface area contributed by atoms with E-state index in [4.69, 9.17) is 18.9 Å². The Hall–Kier alpha value is -3.80. The van der Waals surface area contributed by atoms with Crippen LogP contribution in [0.25, 0.3) is 0 Å². The van der Waals surface area contributed by atoms with Crippen molar-refractivity contribution in [1.29, 1.82) is 0 Å². The van der Waals surface area contributed by atoms with Gasteiger partial charge in [-0.1, -0.05) is 78.9 Å². The Morgan fingerprint density at radius 3 is 2.22 bits per heavy atom. The molecule has 0 heterocycles. The van der Waals surface area contributed by atoms with Gasteiger partial charge >= 0.3 is 6.09 Å². The van der Waals surface area contributed by atoms with Crippen molar-refractivity contribution in [2.75, 3.05) is 33.7 Å². The van der Waals surface area contributed by atoms with Crippen LogP contribution in [0, 0.1) is 5.92 Å². The minimum atomic E-state index is -1.08. The summed E-state index contributed by atoms with van der Waals surface area (Å²) in [6, 6.07) is 24.0. The van der Waals surface area contributed by atoms with Crippen molar-refractivity contribution in [3.63, 3.8) is 0 Å². The molecular formula is C39H52N2O8. The molecule has 0 saturated carbocycles. The van der Waals surface area contributed by atoms with Crippen LogP contribution in [0.4, 0.5) is 4.79 Å². The zero-order valence-corrected chi connectivity index (χ0v) is 29.1. The largest absolute Gasteiger partial charge is 0.444 e. The maximum atomic E-state index is 14.0. The van der Waals surface area contributed by atoms with E-state index >= 15 is 0 Å². The summed E-state index contributed by atoms with van der Waals surface area (Å²) in [6.45, 7) is 7.04. The molecule has 2 amide bonds. The van der Waals surface area contributed by atoms with Crippen molar-refractivity contribution in [2.45, 2.75) is 82.8 Å². The van der Waals surface area contributed by atoms with E-state index in [1.54, 1.807) is 27.9 Å². The summed E-state index contributed by atoms with van der Waals surface area (Å²) < 4.78 is 21.4. The first-order chi connectivity index (χ1) is 23.5. The van der Waals surface area contributed by atoms with Gasteiger partial charge in [-0.3, -0.25) is 4.79 Å². The van der Waals surface area contributed by atoms with Crippen LogP contribution in [-0.2, 0) is 49.4 Å². The number of aliphatic hydroxyl groups is 2. The monoisotopic (exact) mass is 676 g/mol. The Kier molecular flexibility index (Phi) is 14.6. The first-order valence-corrected chi connectivity index (χ1v) is 17.0. The van der Waals surface area contributed by atoms with Gasteiger partial charge in [0.2, 0.25) is 5.91 Å². The third-order valence-corrected chi connectivity index (χ3v) is 8.50. The smallest absolute Gasteiger partial charge is 0.407 e. The van der Waals surface area contributed by atoms with Crippen molar-refractivity contribution in [3.05, 3.63) is 107 Å². The number of alkyl carbamates (subject to hydrolysis) is 1. The highest BCUT2D eigenvalue weighted by atomic mass is 16.7. The molecule has 1 aliphatic rings. The van der Waals surface area contributed by atoms with Crippen molar-refractivity contribution in [1.82, 2.24) is 10.6 Å². The molecule has 0 saturated heterocycles. The van der Waals surface area contributed by atoms with Crippen LogP contribution in [-0.4, -0.2) is 79.8 Å². The highest BCUT2D eigenvalue weighted by Gasteiger charge is 2.35. The standard InChI is InChI=1S/C39H52N2O8/c1-39(2,3)49-38(45)40-33(23-28-10-6-5-7-11-28)34(42)25-31(37(44)41-36-32-13-9-8-12-30(32)24-35(36)43)22-29-16-14-27(15-17-29)18-19-47-26-48-21-20-46-4/h5-17,31,33-36,42-43H,18-26H2,1-4H3,(H,40,45)(H,41,44)/t31-,33+,34+,35-,36+/m1/s1. The minimum Gasteiger partial charge on any atom is -0.444 e. The summed E-state index contributed by atoms with van der Waals surface area (Å²) in [7, 11) is 1.62. The second kappa shape index (κ2) is 18.8. The number of carbonyl (C=O) groups excluding carboxylic acids is 2. The number of methoxy groups -OCH3 is 1. The Balaban J connectivity index is 1.49. The highest BCUT2D eigenvalue weighted by molar-refractivity contribution is 5.80. The predicted octanol–water partition coefficient (Wildman–Crippen LogP) is 4.69. The van der Waals surface area contributed by atoms with Gasteiger partial charge in [-0.25, -0.2) is 4.79 Å². The second-order valence-corrected chi connectivity index (χ2v) is 13.6. The van der Waals surface area contributed by atoms with E-state index in [1.807, 2.05) is 78.9 Å². The van der Waals surface area contributed by atoms with Gasteiger partial charge in [0.05, 0.1) is 44.1 Å². The maximum absolute atomic E-state index is 14.0. The van der Waals surface area contributed by atoms with Crippen LogP contribution in [0.3, 0.4) is 0 Å². The van der Waals surface area contributed by atoms with Crippen molar-refractivity contribution >= 4 is 12.0 Å². The lowest BCUT2D eigenvalue weighted by Gasteiger charge is -2.30. The molecule has 0 unspecified atom stereocenters. The number of ether oxygens (including phenoxy) is 4. The molecule has 0 radical (unpaired) electrons. The number of benzene rings is 3. The van der Waals surface area contributed by atoms with Gasteiger partial charge in [-0.05, 0) is 74.3 Å². The molecule has 4 N–H and O–H groups in total. The summed E-state index contributed by atoms with van der Waals surface area (Å²) in [5.41, 5.74) is 4.11. The summed E-state index contributed by atoms with van der Waals surface area (Å²) >= 11 is 0. The van der Waals surface area contributed by atoms with Crippen LogP contribution < -0.4 is 10.6 Å². The molecule has 3 aromatic rings. The van der Waals surface area contributed by atoms with Crippen molar-refractivity contribution < 1.29 is 38.7 Å². The lowest BCUT2D eigenvalue weighted by atomic mass is 9.88. The zero-order valence-electron chi connectivity index (χ0n) is 29.1. The maximum Gasteiger partial charge on any atom is 0.407 e. The normalized spacial score (nSPS) is 17.5. The fourth-order valence-corrected chi connectivity index (χ4v) is 6.00. The number of carbonyl (C=O) groups is 2. The Labute approximate surface area is 290 Å². The van der Waals surface area contributed by atoms with E-state index in [0.717, 1.165) is 27.8 Å². The molecular weight excluding hydrogens is 624 g/mol. The summed E-state index contributed by atoms with van der Waals surface area (Å²) in [4.78, 5) is 26.9. The van der Waals surface area contributed by atoms with E-state index < -0.39 is 41.9 Å². The summed E-state index contributed by atoms with van der Waals surface area (Å²) in [5, 5.41) is 28.5. The Morgan fingerprint density at radius 1 is 0.857 bits per heavy atom. The molecule has 0 aliphatic heterocycles. The fraction of sp³-hybridized carbons (Fsp3) is 0.487. The van der Waals surface area contributed by atoms with E-state index in [0.29, 0.717) is 45.5 Å². The number of rotatable bonds is 18. The lowest BCUT2D eigenvalue weighted by molar-refractivity contribution is -0.127. The number of aliphatic hydroxyl groups excluding tert-OH is 2. The Morgan fingerprint density at radius 2 is 1.51 bits per heavy atom. The first-order valence-electron chi connectivity index (χ1n) is 17.0. The lowest BCUT2D eigenvalue weighted by Crippen LogP contribution is -2.48. The SMILES string of the molecule is COCCOCOCCc1ccc(C[C@H](C[C@H](O)[C@H](Cc2ccccc2)NC(=O)OC(C)(C)C)C(=O)N[C@H]2c3ccccc3C[C@H]2O)cc1. The molecule has 0 fully saturated rings. The topological polar surface area (TPSA) is 136 Å². The van der Waals surface area contributed by atoms with Crippen LogP contribution in [0.5, 0.6) is 0 Å². The molecule has 266 valence electrons. The van der Waals surface area contributed by atoms with Gasteiger partial charge in [0.1, 0.15) is 12.4 Å². The Bertz CT molecular complexity index is 1440. The summed E-state index contributed by atoms with van der Waals surface area (Å²) in [6.07, 6.45) is -0.543. The molecule has 0 spiro atoms. The third-order valence-electron chi connectivity index (χ3n) is 8.50. The highest BCUT2D eigenvalue weighted by Crippen LogP contribution is 2.32. The molecule has 5 atom stereocenters. The quantitative estimate of drug-likeness (QED) is 0.113. The second-order valence-electron chi connectivity index (χ2n) is 13.6. The van der Waals surface area contributed by atoms with Gasteiger partial charge in [-0.2, -0.15) is 0 Å². The number of hydrogen-bond acceptors (Lipinski definition) is 8. The van der Waals surface area contributed by atoms with E-state index in [1.165, 1.54) is 0 Å². The van der Waals surface area contributed by atoms with Crippen LogP contribution >= 0.6 is 0 Å². The third kappa shape index (κ3) is 12.5. The van der Waals surface area contributed by atoms with Crippen molar-refractivity contribution in [2.24, 2.45) is 5.92 Å². The average Bonchev–Trinajstić information content (AvgIpc) is 3.38. The molecule has 3 aromatic carbocycles. The molecule has 4 rings (SSSR count). The van der Waals surface area contributed by atoms with Gasteiger partial charge in [-0.15, -0.1) is 0 Å². The van der Waals surface area contributed by atoms with E-state index in [-0.39, 0.29) is 19.1 Å². The summed E-state index contributed by atoms with van der Waals surface area (Å²) in [5.74, 6) is -0.936. The molecule has 0 aromatic heterocycles. The molecule has 10 heteroatoms. The van der Waals surface area contributed by atoms with Crippen molar-refractivity contribution in [3.8, 4) is 0 Å². The number of hydrogen-bond donors (Lipinski definition) is 4. The van der Waals surface area contributed by atoms with Crippen LogP contribution in [0.1, 0.15) is 61.1 Å². The van der Waals surface area contributed by atoms with Gasteiger partial charge in [0.25, 0.3) is 0 Å². The van der Waals surface area contributed by atoms with E-state index in [9.17, 15) is 19.8 Å². The minimum absolute atomic E-state index is 0.0717. The van der Waals surface area contributed by atoms with Gasteiger partial charge < -0.3 is 39.8 Å². The van der Waals surface area contributed by atoms with Crippen LogP contribution in [0.15, 0.2) is 78.9 Å². The number of amides is 2. The molecule has 0 bridgehead atoms. The zero-order chi connectivity index (χ0) is 35.2. The fourth-order valence-electron chi connectivity index (χ4n) is 6.00. The molecule has 10 nitrogen and oxygen atoms in total. The van der Waals surface area contributed by atoms with Gasteiger partial charge in [0.15, 0.2) is 0 Å². The molecule has 49 heavy (non-hydrogen) atoms. The molecule has 1 aliphatic carbocycles. The first kappa shape index (κ1) is 38.0. The van der Waals surface area contributed by atoms with Gasteiger partial charge in [0, 0.05) is 19.4 Å². The number of nitrogens with one attached hydrogen (secondary N) is 2.